The maximum atomic E-state index is 12.0. The van der Waals surface area contributed by atoms with Crippen molar-refractivity contribution in [1.29, 1.82) is 0 Å². The van der Waals surface area contributed by atoms with Crippen molar-refractivity contribution in [2.45, 2.75) is 26.2 Å². The first-order valence-corrected chi connectivity index (χ1v) is 6.08. The van der Waals surface area contributed by atoms with Crippen molar-refractivity contribution in [3.8, 4) is 5.75 Å². The molecular formula is C14H17NO3. The van der Waals surface area contributed by atoms with Crippen molar-refractivity contribution in [1.82, 2.24) is 0 Å². The van der Waals surface area contributed by atoms with Crippen LogP contribution in [0.15, 0.2) is 18.2 Å². The molecule has 96 valence electrons. The number of carbonyl (C=O) groups is 2. The number of Topliss-reactive ketones (excluding diaryl/α,β-unsaturated/α-hetero) is 1. The fourth-order valence-electron chi connectivity index (χ4n) is 2.27. The molecule has 1 amide bonds. The standard InChI is InChI=1S/C14H17NO3/c1-10(16)8-14(17)15-7-3-4-11-9-12(18-2)5-6-13(11)15/h5-6,9H,3-4,7-8H2,1-2H3. The van der Waals surface area contributed by atoms with E-state index in [1.165, 1.54) is 6.92 Å². The number of amides is 1. The zero-order valence-corrected chi connectivity index (χ0v) is 10.7. The van der Waals surface area contributed by atoms with Crippen LogP contribution in [0.1, 0.15) is 25.3 Å². The van der Waals surface area contributed by atoms with Crippen LogP contribution in [0.2, 0.25) is 0 Å². The maximum Gasteiger partial charge on any atom is 0.234 e. The van der Waals surface area contributed by atoms with Gasteiger partial charge in [0.15, 0.2) is 0 Å². The van der Waals surface area contributed by atoms with Gasteiger partial charge in [-0.15, -0.1) is 0 Å². The molecule has 0 unspecified atom stereocenters. The minimum absolute atomic E-state index is 0.0224. The van der Waals surface area contributed by atoms with Gasteiger partial charge in [0.05, 0.1) is 13.5 Å². The van der Waals surface area contributed by atoms with E-state index in [1.807, 2.05) is 18.2 Å². The van der Waals surface area contributed by atoms with E-state index >= 15 is 0 Å². The molecule has 0 aliphatic carbocycles. The lowest BCUT2D eigenvalue weighted by Crippen LogP contribution is -2.36. The number of anilines is 1. The first-order chi connectivity index (χ1) is 8.61. The van der Waals surface area contributed by atoms with E-state index in [0.717, 1.165) is 29.8 Å². The summed E-state index contributed by atoms with van der Waals surface area (Å²) in [6.07, 6.45) is 1.84. The first kappa shape index (κ1) is 12.6. The van der Waals surface area contributed by atoms with Gasteiger partial charge in [-0.3, -0.25) is 9.59 Å². The van der Waals surface area contributed by atoms with Crippen molar-refractivity contribution < 1.29 is 14.3 Å². The Kier molecular flexibility index (Phi) is 3.65. The van der Waals surface area contributed by atoms with Gasteiger partial charge in [0, 0.05) is 12.2 Å². The summed E-state index contributed by atoms with van der Waals surface area (Å²) in [4.78, 5) is 24.7. The molecular weight excluding hydrogens is 230 g/mol. The highest BCUT2D eigenvalue weighted by molar-refractivity contribution is 6.05. The van der Waals surface area contributed by atoms with Crippen LogP contribution in [0.25, 0.3) is 0 Å². The van der Waals surface area contributed by atoms with Gasteiger partial charge in [0.1, 0.15) is 11.5 Å². The number of fused-ring (bicyclic) bond motifs is 1. The minimum Gasteiger partial charge on any atom is -0.497 e. The lowest BCUT2D eigenvalue weighted by Gasteiger charge is -2.29. The smallest absolute Gasteiger partial charge is 0.234 e. The van der Waals surface area contributed by atoms with E-state index in [0.29, 0.717) is 6.54 Å². The molecule has 4 nitrogen and oxygen atoms in total. The molecule has 0 saturated carbocycles. The van der Waals surface area contributed by atoms with Gasteiger partial charge >= 0.3 is 0 Å². The summed E-state index contributed by atoms with van der Waals surface area (Å²) in [5.74, 6) is 0.587. The van der Waals surface area contributed by atoms with Gasteiger partial charge in [0.2, 0.25) is 5.91 Å². The van der Waals surface area contributed by atoms with Crippen LogP contribution in [-0.2, 0) is 16.0 Å². The fourth-order valence-corrected chi connectivity index (χ4v) is 2.27. The number of benzene rings is 1. The molecule has 1 aliphatic rings. The number of ether oxygens (including phenoxy) is 1. The summed E-state index contributed by atoms with van der Waals surface area (Å²) in [7, 11) is 1.63. The van der Waals surface area contributed by atoms with Crippen LogP contribution in [-0.4, -0.2) is 25.3 Å². The molecule has 2 rings (SSSR count). The summed E-state index contributed by atoms with van der Waals surface area (Å²) in [5.41, 5.74) is 2.02. The average Bonchev–Trinajstić information content (AvgIpc) is 2.36. The molecule has 0 spiro atoms. The van der Waals surface area contributed by atoms with E-state index in [1.54, 1.807) is 12.0 Å². The zero-order valence-electron chi connectivity index (χ0n) is 10.7. The van der Waals surface area contributed by atoms with Crippen LogP contribution in [0, 0.1) is 0 Å². The largest absolute Gasteiger partial charge is 0.497 e. The quantitative estimate of drug-likeness (QED) is 0.767. The zero-order chi connectivity index (χ0) is 13.1. The third-order valence-electron chi connectivity index (χ3n) is 3.11. The van der Waals surface area contributed by atoms with E-state index in [-0.39, 0.29) is 18.1 Å². The van der Waals surface area contributed by atoms with Crippen LogP contribution in [0.5, 0.6) is 5.75 Å². The highest BCUT2D eigenvalue weighted by Gasteiger charge is 2.23. The average molecular weight is 247 g/mol. The second kappa shape index (κ2) is 5.21. The SMILES string of the molecule is COc1ccc2c(c1)CCCN2C(=O)CC(C)=O. The number of hydrogen-bond donors (Lipinski definition) is 0. The third kappa shape index (κ3) is 2.53. The van der Waals surface area contributed by atoms with Crippen LogP contribution in [0.4, 0.5) is 5.69 Å². The van der Waals surface area contributed by atoms with Crippen molar-refractivity contribution in [3.63, 3.8) is 0 Å². The van der Waals surface area contributed by atoms with Gasteiger partial charge in [-0.2, -0.15) is 0 Å². The Morgan fingerprint density at radius 3 is 2.83 bits per heavy atom. The Bertz CT molecular complexity index is 482. The number of rotatable bonds is 3. The highest BCUT2D eigenvalue weighted by Crippen LogP contribution is 2.30. The molecule has 0 atom stereocenters. The molecule has 0 bridgehead atoms. The number of hydrogen-bond acceptors (Lipinski definition) is 3. The molecule has 0 N–H and O–H groups in total. The second-order valence-electron chi connectivity index (χ2n) is 4.52. The lowest BCUT2D eigenvalue weighted by atomic mass is 10.0. The normalized spacial score (nSPS) is 14.0. The molecule has 1 aliphatic heterocycles. The number of aryl methyl sites for hydroxylation is 1. The first-order valence-electron chi connectivity index (χ1n) is 6.08. The van der Waals surface area contributed by atoms with Crippen molar-refractivity contribution in [3.05, 3.63) is 23.8 Å². The summed E-state index contributed by atoms with van der Waals surface area (Å²) in [5, 5.41) is 0. The molecule has 4 heteroatoms. The Labute approximate surface area is 107 Å². The molecule has 0 aromatic heterocycles. The van der Waals surface area contributed by atoms with Crippen molar-refractivity contribution >= 4 is 17.4 Å². The van der Waals surface area contributed by atoms with Gasteiger partial charge in [-0.25, -0.2) is 0 Å². The molecule has 1 aromatic rings. The lowest BCUT2D eigenvalue weighted by molar-refractivity contribution is -0.125. The molecule has 0 radical (unpaired) electrons. The van der Waals surface area contributed by atoms with E-state index in [9.17, 15) is 9.59 Å². The van der Waals surface area contributed by atoms with E-state index in [4.69, 9.17) is 4.74 Å². The monoisotopic (exact) mass is 247 g/mol. The Hall–Kier alpha value is -1.84. The summed E-state index contributed by atoms with van der Waals surface area (Å²) < 4.78 is 5.18. The van der Waals surface area contributed by atoms with Crippen LogP contribution < -0.4 is 9.64 Å². The maximum absolute atomic E-state index is 12.0. The Balaban J connectivity index is 2.27. The molecule has 0 fully saturated rings. The van der Waals surface area contributed by atoms with Crippen LogP contribution >= 0.6 is 0 Å². The number of ketones is 1. The topological polar surface area (TPSA) is 46.6 Å². The van der Waals surface area contributed by atoms with Gasteiger partial charge in [0.25, 0.3) is 0 Å². The van der Waals surface area contributed by atoms with Crippen LogP contribution in [0.3, 0.4) is 0 Å². The molecule has 0 saturated heterocycles. The van der Waals surface area contributed by atoms with Gasteiger partial charge < -0.3 is 9.64 Å². The number of methoxy groups -OCH3 is 1. The van der Waals surface area contributed by atoms with Crippen molar-refractivity contribution in [2.24, 2.45) is 0 Å². The highest BCUT2D eigenvalue weighted by atomic mass is 16.5. The predicted octanol–water partition coefficient (Wildman–Crippen LogP) is 1.95. The predicted molar refractivity (Wildman–Crippen MR) is 69.0 cm³/mol. The van der Waals surface area contributed by atoms with E-state index in [2.05, 4.69) is 0 Å². The van der Waals surface area contributed by atoms with E-state index < -0.39 is 0 Å². The Morgan fingerprint density at radius 1 is 1.39 bits per heavy atom. The number of nitrogens with zero attached hydrogens (tertiary/aromatic N) is 1. The molecule has 18 heavy (non-hydrogen) atoms. The number of carbonyl (C=O) groups excluding carboxylic acids is 2. The second-order valence-corrected chi connectivity index (χ2v) is 4.52. The van der Waals surface area contributed by atoms with Gasteiger partial charge in [-0.05, 0) is 43.5 Å². The summed E-state index contributed by atoms with van der Waals surface area (Å²) >= 11 is 0. The van der Waals surface area contributed by atoms with Gasteiger partial charge in [-0.1, -0.05) is 0 Å². The minimum atomic E-state index is -0.117. The third-order valence-corrected chi connectivity index (χ3v) is 3.11. The van der Waals surface area contributed by atoms with Crippen molar-refractivity contribution in [2.75, 3.05) is 18.6 Å². The molecule has 1 heterocycles. The summed E-state index contributed by atoms with van der Waals surface area (Å²) in [6, 6.07) is 5.70. The fraction of sp³-hybridized carbons (Fsp3) is 0.429. The Morgan fingerprint density at radius 2 is 2.17 bits per heavy atom. The summed E-state index contributed by atoms with van der Waals surface area (Å²) in [6.45, 7) is 2.13. The molecule has 1 aromatic carbocycles.